The molecule has 0 saturated carbocycles. The first-order chi connectivity index (χ1) is 12.6. The second-order valence-corrected chi connectivity index (χ2v) is 5.95. The van der Waals surface area contributed by atoms with E-state index in [-0.39, 0.29) is 16.6 Å². The molecule has 0 fully saturated rings. The van der Waals surface area contributed by atoms with Gasteiger partial charge >= 0.3 is 12.4 Å². The van der Waals surface area contributed by atoms with E-state index in [1.165, 1.54) is 30.3 Å². The molecule has 2 nitrogen and oxygen atoms in total. The van der Waals surface area contributed by atoms with E-state index in [0.717, 1.165) is 12.1 Å². The van der Waals surface area contributed by atoms with Crippen molar-refractivity contribution in [1.29, 1.82) is 0 Å². The van der Waals surface area contributed by atoms with Crippen LogP contribution in [-0.4, -0.2) is 0 Å². The van der Waals surface area contributed by atoms with E-state index in [1.807, 2.05) is 0 Å². The molecule has 4 rings (SSSR count). The molecular formula is C19H8F6O2. The van der Waals surface area contributed by atoms with Crippen molar-refractivity contribution in [3.63, 3.8) is 0 Å². The van der Waals surface area contributed by atoms with Gasteiger partial charge in [0.05, 0.1) is 21.9 Å². The minimum absolute atomic E-state index is 0.0773. The summed E-state index contributed by atoms with van der Waals surface area (Å²) in [5.41, 5.74) is -4.07. The van der Waals surface area contributed by atoms with Crippen molar-refractivity contribution in [1.82, 2.24) is 0 Å². The number of hydrogen-bond acceptors (Lipinski definition) is 2. The molecule has 0 spiro atoms. The average Bonchev–Trinajstić information content (AvgIpc) is 2.58. The van der Waals surface area contributed by atoms with Gasteiger partial charge in [-0.2, -0.15) is 26.3 Å². The van der Waals surface area contributed by atoms with Gasteiger partial charge < -0.3 is 4.42 Å². The summed E-state index contributed by atoms with van der Waals surface area (Å²) in [5.74, 6) is 0. The predicted molar refractivity (Wildman–Crippen MR) is 87.5 cm³/mol. The number of fused-ring (bicyclic) bond motifs is 4. The number of benzene rings is 3. The summed E-state index contributed by atoms with van der Waals surface area (Å²) in [6.45, 7) is 0. The van der Waals surface area contributed by atoms with Gasteiger partial charge in [0.1, 0.15) is 11.2 Å². The van der Waals surface area contributed by atoms with Gasteiger partial charge in [0.15, 0.2) is 0 Å². The van der Waals surface area contributed by atoms with Crippen LogP contribution in [-0.2, 0) is 12.4 Å². The molecule has 4 aromatic rings. The Morgan fingerprint density at radius 3 is 1.81 bits per heavy atom. The van der Waals surface area contributed by atoms with Crippen molar-refractivity contribution in [2.24, 2.45) is 0 Å². The fourth-order valence-electron chi connectivity index (χ4n) is 3.24. The highest BCUT2D eigenvalue weighted by molar-refractivity contribution is 6.10. The third kappa shape index (κ3) is 2.63. The predicted octanol–water partition coefficient (Wildman–Crippen LogP) is 6.14. The Labute approximate surface area is 146 Å². The molecule has 0 saturated heterocycles. The van der Waals surface area contributed by atoms with E-state index in [2.05, 4.69) is 0 Å². The number of rotatable bonds is 0. The van der Waals surface area contributed by atoms with Crippen molar-refractivity contribution in [2.75, 3.05) is 0 Å². The molecule has 1 aromatic heterocycles. The summed E-state index contributed by atoms with van der Waals surface area (Å²) in [6.07, 6.45) is -9.65. The average molecular weight is 382 g/mol. The molecular weight excluding hydrogens is 374 g/mol. The van der Waals surface area contributed by atoms with Crippen LogP contribution in [0.5, 0.6) is 0 Å². The molecule has 0 aliphatic heterocycles. The van der Waals surface area contributed by atoms with Crippen molar-refractivity contribution < 1.29 is 30.8 Å². The molecule has 0 aliphatic rings. The van der Waals surface area contributed by atoms with Crippen LogP contribution in [0.15, 0.2) is 57.7 Å². The molecule has 8 heteroatoms. The summed E-state index contributed by atoms with van der Waals surface area (Å²) in [7, 11) is 0. The van der Waals surface area contributed by atoms with E-state index in [4.69, 9.17) is 4.42 Å². The van der Waals surface area contributed by atoms with Gasteiger partial charge in [0.2, 0.25) is 5.43 Å². The first-order valence-corrected chi connectivity index (χ1v) is 7.64. The standard InChI is InChI=1S/C19H8F6O2/c20-18(21,22)10-4-1-3-9-7-8-13-16(14(9)10)17(26)15-11(19(23,24)25)5-2-6-12(15)27-13/h1-8H. The molecule has 0 radical (unpaired) electrons. The molecule has 0 bridgehead atoms. The van der Waals surface area contributed by atoms with Crippen molar-refractivity contribution in [3.05, 3.63) is 69.9 Å². The Hall–Kier alpha value is -3.03. The van der Waals surface area contributed by atoms with Crippen LogP contribution in [0, 0.1) is 0 Å². The van der Waals surface area contributed by atoms with Gasteiger partial charge in [0.25, 0.3) is 0 Å². The summed E-state index contributed by atoms with van der Waals surface area (Å²) in [4.78, 5) is 12.9. The number of alkyl halides is 6. The lowest BCUT2D eigenvalue weighted by molar-refractivity contribution is -0.137. The van der Waals surface area contributed by atoms with E-state index in [1.54, 1.807) is 0 Å². The maximum absolute atomic E-state index is 13.4. The fraction of sp³-hybridized carbons (Fsp3) is 0.105. The lowest BCUT2D eigenvalue weighted by Crippen LogP contribution is -2.14. The van der Waals surface area contributed by atoms with E-state index in [9.17, 15) is 31.1 Å². The van der Waals surface area contributed by atoms with Gasteiger partial charge in [-0.1, -0.05) is 24.3 Å². The van der Waals surface area contributed by atoms with Crippen LogP contribution < -0.4 is 5.43 Å². The Morgan fingerprint density at radius 2 is 1.19 bits per heavy atom. The normalized spacial score (nSPS) is 13.0. The molecule has 0 N–H and O–H groups in total. The van der Waals surface area contributed by atoms with Gasteiger partial charge in [-0.15, -0.1) is 0 Å². The summed E-state index contributed by atoms with van der Waals surface area (Å²) in [5, 5.41) is -1.71. The highest BCUT2D eigenvalue weighted by atomic mass is 19.4. The van der Waals surface area contributed by atoms with Gasteiger partial charge in [-0.25, -0.2) is 0 Å². The zero-order valence-electron chi connectivity index (χ0n) is 13.2. The molecule has 1 heterocycles. The fourth-order valence-corrected chi connectivity index (χ4v) is 3.24. The molecule has 0 amide bonds. The lowest BCUT2D eigenvalue weighted by Gasteiger charge is -2.14. The Balaban J connectivity index is 2.32. The zero-order chi connectivity index (χ0) is 19.6. The largest absolute Gasteiger partial charge is 0.456 e. The van der Waals surface area contributed by atoms with E-state index in [0.29, 0.717) is 6.07 Å². The number of hydrogen-bond donors (Lipinski definition) is 0. The Bertz CT molecular complexity index is 1270. The van der Waals surface area contributed by atoms with Crippen LogP contribution >= 0.6 is 0 Å². The van der Waals surface area contributed by atoms with Crippen molar-refractivity contribution in [2.45, 2.75) is 12.4 Å². The van der Waals surface area contributed by atoms with Crippen LogP contribution in [0.25, 0.3) is 32.7 Å². The van der Waals surface area contributed by atoms with Gasteiger partial charge in [-0.05, 0) is 29.7 Å². The molecule has 138 valence electrons. The maximum atomic E-state index is 13.4. The molecule has 0 unspecified atom stereocenters. The van der Waals surface area contributed by atoms with E-state index < -0.39 is 45.1 Å². The first-order valence-electron chi connectivity index (χ1n) is 7.64. The summed E-state index contributed by atoms with van der Waals surface area (Å²) < 4.78 is 85.7. The zero-order valence-corrected chi connectivity index (χ0v) is 13.2. The van der Waals surface area contributed by atoms with Gasteiger partial charge in [0, 0.05) is 5.39 Å². The second-order valence-electron chi connectivity index (χ2n) is 5.95. The van der Waals surface area contributed by atoms with Crippen molar-refractivity contribution in [3.8, 4) is 0 Å². The SMILES string of the molecule is O=c1c2c(C(F)(F)F)cccc2oc2ccc3cccc(C(F)(F)F)c3c12. The highest BCUT2D eigenvalue weighted by Gasteiger charge is 2.36. The maximum Gasteiger partial charge on any atom is 0.417 e. The molecule has 27 heavy (non-hydrogen) atoms. The highest BCUT2D eigenvalue weighted by Crippen LogP contribution is 2.39. The number of halogens is 6. The topological polar surface area (TPSA) is 30.2 Å². The smallest absolute Gasteiger partial charge is 0.417 e. The Kier molecular flexibility index (Phi) is 3.53. The van der Waals surface area contributed by atoms with Crippen LogP contribution in [0.2, 0.25) is 0 Å². The second kappa shape index (κ2) is 5.48. The van der Waals surface area contributed by atoms with E-state index >= 15 is 0 Å². The third-order valence-corrected chi connectivity index (χ3v) is 4.32. The van der Waals surface area contributed by atoms with Crippen LogP contribution in [0.4, 0.5) is 26.3 Å². The monoisotopic (exact) mass is 382 g/mol. The first kappa shape index (κ1) is 17.4. The minimum Gasteiger partial charge on any atom is -0.456 e. The molecule has 3 aromatic carbocycles. The minimum atomic E-state index is -4.86. The molecule has 0 atom stereocenters. The van der Waals surface area contributed by atoms with Crippen molar-refractivity contribution >= 4 is 32.7 Å². The molecule has 0 aliphatic carbocycles. The summed E-state index contributed by atoms with van der Waals surface area (Å²) >= 11 is 0. The quantitative estimate of drug-likeness (QED) is 0.208. The van der Waals surface area contributed by atoms with Gasteiger partial charge in [-0.3, -0.25) is 4.79 Å². The Morgan fingerprint density at radius 1 is 0.630 bits per heavy atom. The lowest BCUT2D eigenvalue weighted by atomic mass is 9.97. The van der Waals surface area contributed by atoms with Crippen LogP contribution in [0.1, 0.15) is 11.1 Å². The van der Waals surface area contributed by atoms with Crippen LogP contribution in [0.3, 0.4) is 0 Å². The summed E-state index contributed by atoms with van der Waals surface area (Å²) in [6, 6.07) is 8.84. The third-order valence-electron chi connectivity index (χ3n) is 4.32.